The Balaban J connectivity index is 2.82. The topological polar surface area (TPSA) is 84.3 Å². The molecule has 0 aliphatic heterocycles. The van der Waals surface area contributed by atoms with Crippen molar-refractivity contribution in [1.82, 2.24) is 5.32 Å². The maximum absolute atomic E-state index is 11.9. The molecule has 0 aromatic heterocycles. The second-order valence-corrected chi connectivity index (χ2v) is 5.23. The lowest BCUT2D eigenvalue weighted by molar-refractivity contribution is -0.384. The Morgan fingerprint density at radius 2 is 2.00 bits per heavy atom. The molecule has 110 valence electrons. The summed E-state index contributed by atoms with van der Waals surface area (Å²) in [5.74, 6) is 0.190. The number of nitrogens with zero attached hydrogens (tertiary/aromatic N) is 1. The highest BCUT2D eigenvalue weighted by Crippen LogP contribution is 2.28. The molecule has 1 amide bonds. The van der Waals surface area contributed by atoms with E-state index >= 15 is 0 Å². The average molecular weight is 279 g/mol. The van der Waals surface area contributed by atoms with E-state index in [2.05, 4.69) is 10.6 Å². The standard InChI is InChI=1S/C14H21N3O3/c1-9(2)8-15-14(18)11(4)16-13-10(3)6-5-7-12(13)17(19)20/h5-7,9,11,16H,8H2,1-4H3,(H,15,18). The third-order valence-electron chi connectivity index (χ3n) is 2.89. The molecule has 20 heavy (non-hydrogen) atoms. The molecular formula is C14H21N3O3. The Labute approximate surface area is 118 Å². The predicted molar refractivity (Wildman–Crippen MR) is 78.8 cm³/mol. The van der Waals surface area contributed by atoms with Crippen LogP contribution in [0.15, 0.2) is 18.2 Å². The smallest absolute Gasteiger partial charge is 0.292 e. The maximum Gasteiger partial charge on any atom is 0.292 e. The Morgan fingerprint density at radius 1 is 1.35 bits per heavy atom. The van der Waals surface area contributed by atoms with Crippen LogP contribution in [0.3, 0.4) is 0 Å². The molecule has 0 aliphatic carbocycles. The molecule has 0 saturated heterocycles. The van der Waals surface area contributed by atoms with E-state index < -0.39 is 11.0 Å². The number of benzene rings is 1. The molecule has 2 N–H and O–H groups in total. The molecule has 0 spiro atoms. The van der Waals surface area contributed by atoms with Gasteiger partial charge in [0.1, 0.15) is 11.7 Å². The van der Waals surface area contributed by atoms with Gasteiger partial charge in [-0.05, 0) is 25.3 Å². The molecule has 0 saturated carbocycles. The molecule has 0 bridgehead atoms. The van der Waals surface area contributed by atoms with Gasteiger partial charge >= 0.3 is 0 Å². The minimum Gasteiger partial charge on any atom is -0.368 e. The van der Waals surface area contributed by atoms with E-state index in [0.717, 1.165) is 5.56 Å². The Bertz CT molecular complexity index is 500. The van der Waals surface area contributed by atoms with Crippen LogP contribution < -0.4 is 10.6 Å². The normalized spacial score (nSPS) is 12.1. The van der Waals surface area contributed by atoms with Crippen molar-refractivity contribution in [2.45, 2.75) is 33.7 Å². The lowest BCUT2D eigenvalue weighted by Crippen LogP contribution is -2.39. The molecule has 0 fully saturated rings. The third-order valence-corrected chi connectivity index (χ3v) is 2.89. The molecule has 0 aliphatic rings. The van der Waals surface area contributed by atoms with Gasteiger partial charge in [0.2, 0.25) is 5.91 Å². The highest BCUT2D eigenvalue weighted by atomic mass is 16.6. The van der Waals surface area contributed by atoms with Crippen LogP contribution in [-0.4, -0.2) is 23.4 Å². The van der Waals surface area contributed by atoms with Crippen LogP contribution in [0.25, 0.3) is 0 Å². The predicted octanol–water partition coefficient (Wildman–Crippen LogP) is 2.48. The van der Waals surface area contributed by atoms with Gasteiger partial charge in [0.15, 0.2) is 0 Å². The first-order valence-corrected chi connectivity index (χ1v) is 6.61. The van der Waals surface area contributed by atoms with Crippen LogP contribution in [0, 0.1) is 23.0 Å². The zero-order valence-corrected chi connectivity index (χ0v) is 12.3. The van der Waals surface area contributed by atoms with Crippen molar-refractivity contribution in [3.63, 3.8) is 0 Å². The largest absolute Gasteiger partial charge is 0.368 e. The van der Waals surface area contributed by atoms with Gasteiger partial charge < -0.3 is 10.6 Å². The number of carbonyl (C=O) groups excluding carboxylic acids is 1. The van der Waals surface area contributed by atoms with E-state index in [1.165, 1.54) is 6.07 Å². The number of nitro groups is 1. The minimum atomic E-state index is -0.534. The van der Waals surface area contributed by atoms with E-state index in [4.69, 9.17) is 0 Å². The SMILES string of the molecule is Cc1cccc([N+](=O)[O-])c1NC(C)C(=O)NCC(C)C. The first-order chi connectivity index (χ1) is 9.32. The number of nitrogens with one attached hydrogen (secondary N) is 2. The summed E-state index contributed by atoms with van der Waals surface area (Å²) in [5.41, 5.74) is 1.11. The molecule has 1 aromatic rings. The highest BCUT2D eigenvalue weighted by Gasteiger charge is 2.20. The Morgan fingerprint density at radius 3 is 2.55 bits per heavy atom. The van der Waals surface area contributed by atoms with E-state index in [-0.39, 0.29) is 11.6 Å². The summed E-state index contributed by atoms with van der Waals surface area (Å²) in [7, 11) is 0. The van der Waals surface area contributed by atoms with Crippen molar-refractivity contribution in [3.05, 3.63) is 33.9 Å². The number of anilines is 1. The Hall–Kier alpha value is -2.11. The van der Waals surface area contributed by atoms with E-state index in [0.29, 0.717) is 18.2 Å². The van der Waals surface area contributed by atoms with E-state index in [1.807, 2.05) is 13.8 Å². The van der Waals surface area contributed by atoms with Crippen LogP contribution in [-0.2, 0) is 4.79 Å². The zero-order valence-electron chi connectivity index (χ0n) is 12.3. The molecule has 1 aromatic carbocycles. The van der Waals surface area contributed by atoms with Gasteiger partial charge in [-0.1, -0.05) is 26.0 Å². The lowest BCUT2D eigenvalue weighted by Gasteiger charge is -2.17. The number of para-hydroxylation sites is 1. The van der Waals surface area contributed by atoms with Gasteiger partial charge in [-0.15, -0.1) is 0 Å². The van der Waals surface area contributed by atoms with Crippen LogP contribution in [0.5, 0.6) is 0 Å². The van der Waals surface area contributed by atoms with Gasteiger partial charge in [0, 0.05) is 12.6 Å². The van der Waals surface area contributed by atoms with Crippen molar-refractivity contribution < 1.29 is 9.72 Å². The van der Waals surface area contributed by atoms with E-state index in [9.17, 15) is 14.9 Å². The molecule has 6 nitrogen and oxygen atoms in total. The summed E-state index contributed by atoms with van der Waals surface area (Å²) in [4.78, 5) is 22.5. The van der Waals surface area contributed by atoms with Crippen molar-refractivity contribution in [2.75, 3.05) is 11.9 Å². The van der Waals surface area contributed by atoms with Gasteiger partial charge in [-0.3, -0.25) is 14.9 Å². The zero-order chi connectivity index (χ0) is 15.3. The summed E-state index contributed by atoms with van der Waals surface area (Å²) in [5, 5.41) is 16.7. The van der Waals surface area contributed by atoms with Gasteiger partial charge in [-0.2, -0.15) is 0 Å². The number of aryl methyl sites for hydroxylation is 1. The first kappa shape index (κ1) is 15.9. The number of hydrogen-bond acceptors (Lipinski definition) is 4. The van der Waals surface area contributed by atoms with Crippen molar-refractivity contribution >= 4 is 17.3 Å². The second-order valence-electron chi connectivity index (χ2n) is 5.23. The molecule has 0 radical (unpaired) electrons. The summed E-state index contributed by atoms with van der Waals surface area (Å²) >= 11 is 0. The number of nitro benzene ring substituents is 1. The minimum absolute atomic E-state index is 0.0199. The molecule has 1 rings (SSSR count). The fourth-order valence-electron chi connectivity index (χ4n) is 1.73. The summed E-state index contributed by atoms with van der Waals surface area (Å²) < 4.78 is 0. The molecule has 6 heteroatoms. The van der Waals surface area contributed by atoms with Crippen LogP contribution in [0.1, 0.15) is 26.3 Å². The van der Waals surface area contributed by atoms with Crippen molar-refractivity contribution in [3.8, 4) is 0 Å². The monoisotopic (exact) mass is 279 g/mol. The van der Waals surface area contributed by atoms with Crippen LogP contribution in [0.4, 0.5) is 11.4 Å². The molecule has 1 atom stereocenters. The lowest BCUT2D eigenvalue weighted by atomic mass is 10.1. The van der Waals surface area contributed by atoms with E-state index in [1.54, 1.807) is 26.0 Å². The fraction of sp³-hybridized carbons (Fsp3) is 0.500. The fourth-order valence-corrected chi connectivity index (χ4v) is 1.73. The molecule has 1 unspecified atom stereocenters. The summed E-state index contributed by atoms with van der Waals surface area (Å²) in [6.45, 7) is 8.05. The first-order valence-electron chi connectivity index (χ1n) is 6.61. The second kappa shape index (κ2) is 6.88. The average Bonchev–Trinajstić information content (AvgIpc) is 2.37. The van der Waals surface area contributed by atoms with Gasteiger partial charge in [-0.25, -0.2) is 0 Å². The van der Waals surface area contributed by atoms with Crippen LogP contribution >= 0.6 is 0 Å². The summed E-state index contributed by atoms with van der Waals surface area (Å²) in [6.07, 6.45) is 0. The third kappa shape index (κ3) is 4.22. The quantitative estimate of drug-likeness (QED) is 0.619. The number of hydrogen-bond donors (Lipinski definition) is 2. The Kier molecular flexibility index (Phi) is 5.49. The van der Waals surface area contributed by atoms with Crippen molar-refractivity contribution in [2.24, 2.45) is 5.92 Å². The summed E-state index contributed by atoms with van der Waals surface area (Å²) in [6, 6.07) is 4.29. The van der Waals surface area contributed by atoms with Gasteiger partial charge in [0.25, 0.3) is 5.69 Å². The maximum atomic E-state index is 11.9. The number of carbonyl (C=O) groups is 1. The number of rotatable bonds is 6. The van der Waals surface area contributed by atoms with Gasteiger partial charge in [0.05, 0.1) is 4.92 Å². The van der Waals surface area contributed by atoms with Crippen molar-refractivity contribution in [1.29, 1.82) is 0 Å². The molecular weight excluding hydrogens is 258 g/mol. The number of amides is 1. The molecule has 0 heterocycles. The van der Waals surface area contributed by atoms with Crippen LogP contribution in [0.2, 0.25) is 0 Å². The highest BCUT2D eigenvalue weighted by molar-refractivity contribution is 5.85.